The maximum absolute atomic E-state index is 10.1. The Morgan fingerprint density at radius 3 is 1.42 bits per heavy atom. The Kier molecular flexibility index (Phi) is 3.20. The van der Waals surface area contributed by atoms with Crippen LogP contribution in [0, 0.1) is 0 Å². The molecular weight excluding hydrogens is 152 g/mol. The Bertz CT molecular complexity index is 233. The first-order valence-corrected chi connectivity index (χ1v) is 3.82. The first-order valence-electron chi connectivity index (χ1n) is 3.82. The lowest BCUT2D eigenvalue weighted by atomic mass is 10.1. The van der Waals surface area contributed by atoms with Crippen LogP contribution in [0.4, 0.5) is 0 Å². The summed E-state index contributed by atoms with van der Waals surface area (Å²) in [6, 6.07) is 7.47. The number of hydrogen-bond acceptors (Lipinski definition) is 2. The average Bonchev–Trinajstić information content (AvgIpc) is 2.09. The highest BCUT2D eigenvalue weighted by molar-refractivity contribution is 5.57. The fraction of sp³-hybridized carbons (Fsp3) is 0.200. The molecule has 0 N–H and O–H groups in total. The normalized spacial score (nSPS) is 9.33. The Morgan fingerprint density at radius 2 is 1.17 bits per heavy atom. The molecule has 1 aromatic rings. The summed E-state index contributed by atoms with van der Waals surface area (Å²) >= 11 is 0. The van der Waals surface area contributed by atoms with Gasteiger partial charge in [0.2, 0.25) is 0 Å². The first-order chi connectivity index (χ1) is 5.86. The summed E-state index contributed by atoms with van der Waals surface area (Å²) in [4.78, 5) is 20.3. The lowest BCUT2D eigenvalue weighted by Gasteiger charge is -1.96. The number of carbonyl (C=O) groups is 2. The summed E-state index contributed by atoms with van der Waals surface area (Å²) in [5.74, 6) is 0. The Morgan fingerprint density at radius 1 is 0.833 bits per heavy atom. The molecule has 2 heteroatoms. The predicted molar refractivity (Wildman–Crippen MR) is 46.0 cm³/mol. The molecule has 0 aliphatic rings. The second-order valence-corrected chi connectivity index (χ2v) is 2.56. The van der Waals surface area contributed by atoms with Gasteiger partial charge in [0, 0.05) is 12.8 Å². The molecule has 0 saturated heterocycles. The summed E-state index contributed by atoms with van der Waals surface area (Å²) in [5.41, 5.74) is 1.97. The lowest BCUT2D eigenvalue weighted by Crippen LogP contribution is -1.88. The number of carbonyl (C=O) groups excluding carboxylic acids is 2. The molecule has 0 bridgehead atoms. The van der Waals surface area contributed by atoms with Gasteiger partial charge in [0.1, 0.15) is 12.6 Å². The highest BCUT2D eigenvalue weighted by atomic mass is 16.1. The van der Waals surface area contributed by atoms with Crippen LogP contribution >= 0.6 is 0 Å². The Balaban J connectivity index is 2.70. The largest absolute Gasteiger partial charge is 0.303 e. The van der Waals surface area contributed by atoms with Crippen molar-refractivity contribution in [2.75, 3.05) is 0 Å². The molecule has 0 aromatic heterocycles. The predicted octanol–water partition coefficient (Wildman–Crippen LogP) is 1.17. The van der Waals surface area contributed by atoms with E-state index in [2.05, 4.69) is 0 Å². The van der Waals surface area contributed by atoms with Gasteiger partial charge in [-0.3, -0.25) is 0 Å². The number of rotatable bonds is 4. The summed E-state index contributed by atoms with van der Waals surface area (Å²) in [7, 11) is 0. The van der Waals surface area contributed by atoms with Crippen molar-refractivity contribution >= 4 is 12.6 Å². The molecule has 0 unspecified atom stereocenters. The second kappa shape index (κ2) is 4.44. The second-order valence-electron chi connectivity index (χ2n) is 2.56. The van der Waals surface area contributed by atoms with E-state index >= 15 is 0 Å². The Labute approximate surface area is 71.2 Å². The monoisotopic (exact) mass is 162 g/mol. The molecule has 0 radical (unpaired) electrons. The van der Waals surface area contributed by atoms with Crippen molar-refractivity contribution in [3.8, 4) is 0 Å². The van der Waals surface area contributed by atoms with E-state index in [1.165, 1.54) is 0 Å². The van der Waals surface area contributed by atoms with Gasteiger partial charge in [-0.25, -0.2) is 0 Å². The van der Waals surface area contributed by atoms with Gasteiger partial charge in [-0.1, -0.05) is 24.3 Å². The van der Waals surface area contributed by atoms with E-state index in [0.717, 1.165) is 23.7 Å². The van der Waals surface area contributed by atoms with Gasteiger partial charge in [0.25, 0.3) is 0 Å². The molecule has 0 heterocycles. The third kappa shape index (κ3) is 2.31. The van der Waals surface area contributed by atoms with Crippen LogP contribution in [0.2, 0.25) is 0 Å². The summed E-state index contributed by atoms with van der Waals surface area (Å²) < 4.78 is 0. The molecule has 12 heavy (non-hydrogen) atoms. The van der Waals surface area contributed by atoms with Crippen molar-refractivity contribution < 1.29 is 9.59 Å². The van der Waals surface area contributed by atoms with Crippen molar-refractivity contribution in [1.82, 2.24) is 0 Å². The van der Waals surface area contributed by atoms with Gasteiger partial charge in [0.15, 0.2) is 0 Å². The molecule has 1 rings (SSSR count). The molecule has 0 aliphatic carbocycles. The Hall–Kier alpha value is -1.44. The van der Waals surface area contributed by atoms with Crippen LogP contribution in [0.5, 0.6) is 0 Å². The zero-order valence-electron chi connectivity index (χ0n) is 6.69. The smallest absolute Gasteiger partial charge is 0.124 e. The molecule has 0 aliphatic heterocycles. The topological polar surface area (TPSA) is 34.1 Å². The average molecular weight is 162 g/mol. The van der Waals surface area contributed by atoms with Crippen LogP contribution in [0.1, 0.15) is 11.1 Å². The molecule has 0 spiro atoms. The molecule has 2 nitrogen and oxygen atoms in total. The minimum absolute atomic E-state index is 0.446. The SMILES string of the molecule is O=CCc1ccc(CC=O)cc1. The van der Waals surface area contributed by atoms with Crippen molar-refractivity contribution in [1.29, 1.82) is 0 Å². The van der Waals surface area contributed by atoms with Gasteiger partial charge in [-0.2, -0.15) is 0 Å². The van der Waals surface area contributed by atoms with Gasteiger partial charge in [-0.05, 0) is 11.1 Å². The highest BCUT2D eigenvalue weighted by Crippen LogP contribution is 2.03. The first kappa shape index (κ1) is 8.65. The van der Waals surface area contributed by atoms with Crippen molar-refractivity contribution in [3.63, 3.8) is 0 Å². The third-order valence-electron chi connectivity index (χ3n) is 1.66. The number of aldehydes is 2. The fourth-order valence-electron chi connectivity index (χ4n) is 1.00. The van der Waals surface area contributed by atoms with E-state index in [9.17, 15) is 9.59 Å². The molecule has 1 aromatic carbocycles. The van der Waals surface area contributed by atoms with Crippen LogP contribution in [0.3, 0.4) is 0 Å². The molecular formula is C10H10O2. The van der Waals surface area contributed by atoms with E-state index in [1.54, 1.807) is 0 Å². The standard InChI is InChI=1S/C10H10O2/c11-7-5-9-1-2-10(4-3-9)6-8-12/h1-4,7-8H,5-6H2. The fourth-order valence-corrected chi connectivity index (χ4v) is 1.00. The quantitative estimate of drug-likeness (QED) is 0.623. The van der Waals surface area contributed by atoms with Gasteiger partial charge in [-0.15, -0.1) is 0 Å². The maximum atomic E-state index is 10.1. The molecule has 0 atom stereocenters. The number of hydrogen-bond donors (Lipinski definition) is 0. The van der Waals surface area contributed by atoms with E-state index in [0.29, 0.717) is 12.8 Å². The van der Waals surface area contributed by atoms with Crippen LogP contribution in [0.15, 0.2) is 24.3 Å². The summed E-state index contributed by atoms with van der Waals surface area (Å²) in [6.45, 7) is 0. The number of benzene rings is 1. The molecule has 0 amide bonds. The lowest BCUT2D eigenvalue weighted by molar-refractivity contribution is -0.108. The van der Waals surface area contributed by atoms with Gasteiger partial charge >= 0.3 is 0 Å². The zero-order chi connectivity index (χ0) is 8.81. The van der Waals surface area contributed by atoms with E-state index in [-0.39, 0.29) is 0 Å². The van der Waals surface area contributed by atoms with Crippen molar-refractivity contribution in [2.45, 2.75) is 12.8 Å². The molecule has 0 saturated carbocycles. The van der Waals surface area contributed by atoms with E-state index in [4.69, 9.17) is 0 Å². The van der Waals surface area contributed by atoms with Crippen LogP contribution < -0.4 is 0 Å². The van der Waals surface area contributed by atoms with Gasteiger partial charge in [0.05, 0.1) is 0 Å². The molecule has 62 valence electrons. The van der Waals surface area contributed by atoms with Crippen molar-refractivity contribution in [2.24, 2.45) is 0 Å². The summed E-state index contributed by atoms with van der Waals surface area (Å²) in [6.07, 6.45) is 2.63. The molecule has 0 fully saturated rings. The minimum Gasteiger partial charge on any atom is -0.303 e. The summed E-state index contributed by atoms with van der Waals surface area (Å²) in [5, 5.41) is 0. The third-order valence-corrected chi connectivity index (χ3v) is 1.66. The van der Waals surface area contributed by atoms with Crippen LogP contribution in [-0.2, 0) is 22.4 Å². The van der Waals surface area contributed by atoms with E-state index in [1.807, 2.05) is 24.3 Å². The van der Waals surface area contributed by atoms with E-state index < -0.39 is 0 Å². The highest BCUT2D eigenvalue weighted by Gasteiger charge is 1.92. The van der Waals surface area contributed by atoms with Gasteiger partial charge < -0.3 is 9.59 Å². The van der Waals surface area contributed by atoms with Crippen molar-refractivity contribution in [3.05, 3.63) is 35.4 Å². The maximum Gasteiger partial charge on any atom is 0.124 e. The minimum atomic E-state index is 0.446. The van der Waals surface area contributed by atoms with Crippen LogP contribution in [0.25, 0.3) is 0 Å². The van der Waals surface area contributed by atoms with Crippen LogP contribution in [-0.4, -0.2) is 12.6 Å². The zero-order valence-corrected chi connectivity index (χ0v) is 6.69.